The van der Waals surface area contributed by atoms with Gasteiger partial charge in [0.2, 0.25) is 0 Å². The Balaban J connectivity index is 2.15. The van der Waals surface area contributed by atoms with Gasteiger partial charge in [-0.2, -0.15) is 0 Å². The van der Waals surface area contributed by atoms with Gasteiger partial charge >= 0.3 is 5.54 Å². The maximum Gasteiger partial charge on any atom is 0.351 e. The molecular formula is C11H10N3O+. The fourth-order valence-electron chi connectivity index (χ4n) is 1.81. The summed E-state index contributed by atoms with van der Waals surface area (Å²) in [6.07, 6.45) is 5.63. The molecule has 4 nitrogen and oxygen atoms in total. The van der Waals surface area contributed by atoms with Gasteiger partial charge in [0.25, 0.3) is 6.57 Å². The first-order chi connectivity index (χ1) is 7.34. The minimum atomic E-state index is -0.353. The van der Waals surface area contributed by atoms with Crippen LogP contribution in [0.15, 0.2) is 30.7 Å². The van der Waals surface area contributed by atoms with Gasteiger partial charge in [-0.05, 0) is 12.1 Å². The number of hydrogen-bond donors (Lipinski definition) is 0. The zero-order chi connectivity index (χ0) is 10.3. The van der Waals surface area contributed by atoms with Crippen molar-refractivity contribution in [3.05, 3.63) is 41.1 Å². The molecule has 0 radical (unpaired) electrons. The quantitative estimate of drug-likeness (QED) is 0.698. The molecule has 0 aliphatic carbocycles. The predicted molar refractivity (Wildman–Crippen MR) is 56.0 cm³/mol. The van der Waals surface area contributed by atoms with Crippen molar-refractivity contribution in [2.75, 3.05) is 13.2 Å². The van der Waals surface area contributed by atoms with E-state index in [-0.39, 0.29) is 5.54 Å². The van der Waals surface area contributed by atoms with E-state index in [1.54, 1.807) is 6.20 Å². The number of pyridine rings is 1. The zero-order valence-corrected chi connectivity index (χ0v) is 8.13. The summed E-state index contributed by atoms with van der Waals surface area (Å²) in [7, 11) is 0. The van der Waals surface area contributed by atoms with E-state index in [0.29, 0.717) is 13.2 Å². The first-order valence-electron chi connectivity index (χ1n) is 4.77. The van der Waals surface area contributed by atoms with Gasteiger partial charge in [0.1, 0.15) is 18.9 Å². The fourth-order valence-corrected chi connectivity index (χ4v) is 1.81. The van der Waals surface area contributed by atoms with Crippen molar-refractivity contribution in [3.63, 3.8) is 0 Å². The molecule has 3 rings (SSSR count). The Hall–Kier alpha value is -1.86. The van der Waals surface area contributed by atoms with Gasteiger partial charge < -0.3 is 9.14 Å². The largest absolute Gasteiger partial charge is 0.363 e. The molecule has 0 N–H and O–H groups in total. The maximum absolute atomic E-state index is 5.44. The number of imidazole rings is 1. The highest BCUT2D eigenvalue weighted by Crippen LogP contribution is 2.34. The van der Waals surface area contributed by atoms with Crippen LogP contribution in [0, 0.1) is 6.57 Å². The molecule has 2 aromatic heterocycles. The second-order valence-corrected chi connectivity index (χ2v) is 3.76. The van der Waals surface area contributed by atoms with Crippen LogP contribution in [-0.4, -0.2) is 22.6 Å². The first-order valence-corrected chi connectivity index (χ1v) is 4.77. The molecule has 0 atom stereocenters. The van der Waals surface area contributed by atoms with Gasteiger partial charge in [0.05, 0.1) is 5.56 Å². The zero-order valence-electron chi connectivity index (χ0n) is 8.13. The van der Waals surface area contributed by atoms with Crippen molar-refractivity contribution in [3.8, 4) is 6.57 Å². The van der Waals surface area contributed by atoms with Crippen molar-refractivity contribution >= 4 is 5.65 Å². The molecule has 4 heteroatoms. The van der Waals surface area contributed by atoms with Crippen molar-refractivity contribution < 1.29 is 4.74 Å². The molecule has 15 heavy (non-hydrogen) atoms. The lowest BCUT2D eigenvalue weighted by molar-refractivity contribution is -0.0351. The average Bonchev–Trinajstić information content (AvgIpc) is 2.64. The molecule has 3 heterocycles. The van der Waals surface area contributed by atoms with E-state index in [9.17, 15) is 0 Å². The number of rotatable bonds is 1. The monoisotopic (exact) mass is 200 g/mol. The number of fused-ring (bicyclic) bond motifs is 1. The fraction of sp³-hybridized carbons (Fsp3) is 0.273. The van der Waals surface area contributed by atoms with Crippen LogP contribution in [0.2, 0.25) is 0 Å². The summed E-state index contributed by atoms with van der Waals surface area (Å²) in [5, 5.41) is 0. The minimum Gasteiger partial charge on any atom is -0.363 e. The van der Waals surface area contributed by atoms with E-state index >= 15 is 0 Å². The smallest absolute Gasteiger partial charge is 0.351 e. The Bertz CT molecular complexity index is 548. The van der Waals surface area contributed by atoms with Crippen LogP contribution in [-0.2, 0) is 10.3 Å². The number of ether oxygens (including phenoxy) is 1. The lowest BCUT2D eigenvalue weighted by atomic mass is 9.90. The minimum absolute atomic E-state index is 0.353. The third-order valence-corrected chi connectivity index (χ3v) is 2.86. The highest BCUT2D eigenvalue weighted by atomic mass is 16.5. The Kier molecular flexibility index (Phi) is 1.58. The number of hydrogen-bond acceptors (Lipinski definition) is 2. The number of aromatic nitrogens is 2. The van der Waals surface area contributed by atoms with Crippen molar-refractivity contribution in [2.45, 2.75) is 5.54 Å². The molecule has 0 bridgehead atoms. The van der Waals surface area contributed by atoms with Crippen molar-refractivity contribution in [1.29, 1.82) is 0 Å². The van der Waals surface area contributed by atoms with Crippen LogP contribution < -0.4 is 0 Å². The van der Waals surface area contributed by atoms with Crippen LogP contribution in [0.5, 0.6) is 0 Å². The second kappa shape index (κ2) is 2.81. The second-order valence-electron chi connectivity index (χ2n) is 3.76. The standard InChI is InChI=1S/C11H10N3O/c1-12-11(7-15-8-11)9-2-4-14-5-3-13-10(14)6-9/h1-6H,7-8H2/q+1. The molecular weight excluding hydrogens is 190 g/mol. The normalized spacial score (nSPS) is 18.3. The lowest BCUT2D eigenvalue weighted by Gasteiger charge is -2.26. The van der Waals surface area contributed by atoms with Gasteiger partial charge in [-0.25, -0.2) is 4.98 Å². The van der Waals surface area contributed by atoms with E-state index in [2.05, 4.69) is 9.83 Å². The van der Waals surface area contributed by atoms with E-state index in [0.717, 1.165) is 11.2 Å². The van der Waals surface area contributed by atoms with Gasteiger partial charge in [0, 0.05) is 18.6 Å². The maximum atomic E-state index is 5.44. The topological polar surface area (TPSA) is 30.9 Å². The Labute approximate surface area is 86.9 Å². The van der Waals surface area contributed by atoms with Gasteiger partial charge in [-0.3, -0.25) is 0 Å². The third kappa shape index (κ3) is 1.07. The van der Waals surface area contributed by atoms with Gasteiger partial charge in [-0.1, -0.05) is 4.85 Å². The van der Waals surface area contributed by atoms with Gasteiger partial charge in [0.15, 0.2) is 0 Å². The Morgan fingerprint density at radius 2 is 2.33 bits per heavy atom. The molecule has 1 aliphatic rings. The molecule has 1 aliphatic heterocycles. The summed E-state index contributed by atoms with van der Waals surface area (Å²) in [6, 6.07) is 4.01. The average molecular weight is 200 g/mol. The Morgan fingerprint density at radius 3 is 3.00 bits per heavy atom. The first kappa shape index (κ1) is 8.45. The molecule has 2 aromatic rings. The summed E-state index contributed by atoms with van der Waals surface area (Å²) in [5.41, 5.74) is 1.62. The Morgan fingerprint density at radius 1 is 1.47 bits per heavy atom. The number of nitrogens with zero attached hydrogens (tertiary/aromatic N) is 3. The lowest BCUT2D eigenvalue weighted by Crippen LogP contribution is -2.43. The van der Waals surface area contributed by atoms with Crippen molar-refractivity contribution in [1.82, 2.24) is 9.38 Å². The third-order valence-electron chi connectivity index (χ3n) is 2.86. The SMILES string of the molecule is C#[N+]C1(c2ccn3ccnc3c2)COC1. The van der Waals surface area contributed by atoms with Crippen LogP contribution >= 0.6 is 0 Å². The van der Waals surface area contributed by atoms with Crippen LogP contribution in [0.1, 0.15) is 5.56 Å². The molecule has 1 saturated heterocycles. The highest BCUT2D eigenvalue weighted by Gasteiger charge is 2.51. The van der Waals surface area contributed by atoms with Crippen LogP contribution in [0.4, 0.5) is 0 Å². The summed E-state index contributed by atoms with van der Waals surface area (Å²) in [6.45, 7) is 6.55. The van der Waals surface area contributed by atoms with Crippen molar-refractivity contribution in [2.24, 2.45) is 0 Å². The molecule has 1 fully saturated rings. The molecule has 0 unspecified atom stereocenters. The summed E-state index contributed by atoms with van der Waals surface area (Å²) in [5.74, 6) is 0. The summed E-state index contributed by atoms with van der Waals surface area (Å²) >= 11 is 0. The van der Waals surface area contributed by atoms with Gasteiger partial charge in [-0.15, -0.1) is 0 Å². The molecule has 0 amide bonds. The van der Waals surface area contributed by atoms with E-state index in [1.807, 2.05) is 28.9 Å². The highest BCUT2D eigenvalue weighted by molar-refractivity contribution is 5.45. The molecule has 0 spiro atoms. The van der Waals surface area contributed by atoms with E-state index in [1.165, 1.54) is 0 Å². The summed E-state index contributed by atoms with van der Waals surface area (Å²) < 4.78 is 7.13. The summed E-state index contributed by atoms with van der Waals surface area (Å²) in [4.78, 5) is 8.15. The van der Waals surface area contributed by atoms with E-state index in [4.69, 9.17) is 11.3 Å². The van der Waals surface area contributed by atoms with Crippen LogP contribution in [0.25, 0.3) is 10.5 Å². The molecule has 0 saturated carbocycles. The predicted octanol–water partition coefficient (Wildman–Crippen LogP) is 1.52. The molecule has 0 aromatic carbocycles. The molecule has 74 valence electrons. The van der Waals surface area contributed by atoms with Crippen LogP contribution in [0.3, 0.4) is 0 Å². The van der Waals surface area contributed by atoms with E-state index < -0.39 is 0 Å².